The van der Waals surface area contributed by atoms with Crippen molar-refractivity contribution in [3.63, 3.8) is 0 Å². The van der Waals surface area contributed by atoms with Crippen molar-refractivity contribution in [1.29, 1.82) is 0 Å². The number of aryl methyl sites for hydroxylation is 1. The molecular weight excluding hydrogens is 344 g/mol. The van der Waals surface area contributed by atoms with Gasteiger partial charge in [-0.05, 0) is 76.0 Å². The molecule has 1 N–H and O–H groups in total. The van der Waals surface area contributed by atoms with E-state index < -0.39 is 5.97 Å². The summed E-state index contributed by atoms with van der Waals surface area (Å²) in [5.41, 5.74) is 3.38. The molecule has 0 bridgehead atoms. The van der Waals surface area contributed by atoms with Crippen molar-refractivity contribution >= 4 is 11.9 Å². The molecule has 1 aromatic rings. The second-order valence-corrected chi connectivity index (χ2v) is 7.10. The van der Waals surface area contributed by atoms with E-state index >= 15 is 0 Å². The highest BCUT2D eigenvalue weighted by Gasteiger charge is 2.16. The van der Waals surface area contributed by atoms with Gasteiger partial charge >= 0.3 is 11.9 Å². The summed E-state index contributed by atoms with van der Waals surface area (Å²) in [6.07, 6.45) is 12.8. The quantitative estimate of drug-likeness (QED) is 0.372. The van der Waals surface area contributed by atoms with Crippen molar-refractivity contribution < 1.29 is 23.8 Å². The van der Waals surface area contributed by atoms with Crippen LogP contribution in [0, 0.1) is 5.92 Å². The van der Waals surface area contributed by atoms with Gasteiger partial charge < -0.3 is 14.3 Å². The van der Waals surface area contributed by atoms with Crippen LogP contribution in [0.1, 0.15) is 64.9 Å². The summed E-state index contributed by atoms with van der Waals surface area (Å²) in [5.74, 6) is -1.37. The number of aliphatic carboxylic acids is 1. The molecule has 0 aromatic carbocycles. The van der Waals surface area contributed by atoms with Crippen LogP contribution in [0.4, 0.5) is 0 Å². The highest BCUT2D eigenvalue weighted by molar-refractivity contribution is 5.69. The number of allylic oxidation sites excluding steroid dienone is 3. The van der Waals surface area contributed by atoms with Gasteiger partial charge in [-0.15, -0.1) is 0 Å². The van der Waals surface area contributed by atoms with Crippen LogP contribution in [0.5, 0.6) is 0 Å². The molecule has 1 rings (SSSR count). The number of furan rings is 1. The summed E-state index contributed by atoms with van der Waals surface area (Å²) in [7, 11) is 0. The average molecular weight is 376 g/mol. The first-order valence-corrected chi connectivity index (χ1v) is 9.57. The Kier molecular flexibility index (Phi) is 10.9. The van der Waals surface area contributed by atoms with Gasteiger partial charge in [-0.3, -0.25) is 9.59 Å². The molecule has 1 aromatic heterocycles. The van der Waals surface area contributed by atoms with Crippen LogP contribution >= 0.6 is 0 Å². The van der Waals surface area contributed by atoms with E-state index in [1.165, 1.54) is 12.5 Å². The molecule has 5 heteroatoms. The van der Waals surface area contributed by atoms with E-state index in [-0.39, 0.29) is 18.5 Å². The van der Waals surface area contributed by atoms with Crippen molar-refractivity contribution in [3.8, 4) is 0 Å². The van der Waals surface area contributed by atoms with Crippen molar-refractivity contribution in [3.05, 3.63) is 47.5 Å². The summed E-state index contributed by atoms with van der Waals surface area (Å²) >= 11 is 0. The van der Waals surface area contributed by atoms with Crippen LogP contribution in [-0.4, -0.2) is 23.7 Å². The Morgan fingerprint density at radius 1 is 1.19 bits per heavy atom. The fraction of sp³-hybridized carbons (Fsp3) is 0.545. The van der Waals surface area contributed by atoms with Crippen molar-refractivity contribution in [2.75, 3.05) is 6.61 Å². The molecule has 0 fully saturated rings. The predicted octanol–water partition coefficient (Wildman–Crippen LogP) is 5.32. The Bertz CT molecular complexity index is 621. The van der Waals surface area contributed by atoms with E-state index in [0.717, 1.165) is 43.2 Å². The Labute approximate surface area is 162 Å². The molecule has 0 spiro atoms. The van der Waals surface area contributed by atoms with E-state index in [9.17, 15) is 14.7 Å². The monoisotopic (exact) mass is 376 g/mol. The Balaban J connectivity index is 2.50. The number of hydrogen-bond acceptors (Lipinski definition) is 4. The molecule has 1 heterocycles. The molecule has 150 valence electrons. The Morgan fingerprint density at radius 2 is 1.96 bits per heavy atom. The molecule has 0 amide bonds. The average Bonchev–Trinajstić information content (AvgIpc) is 3.10. The fourth-order valence-corrected chi connectivity index (χ4v) is 2.85. The largest absolute Gasteiger partial charge is 0.481 e. The van der Waals surface area contributed by atoms with Gasteiger partial charge in [0.05, 0.1) is 18.4 Å². The molecule has 1 atom stereocenters. The van der Waals surface area contributed by atoms with Crippen LogP contribution in [-0.2, 0) is 20.7 Å². The minimum atomic E-state index is -0.734. The summed E-state index contributed by atoms with van der Waals surface area (Å²) in [4.78, 5) is 22.6. The number of carboxylic acid groups (broad SMARTS) is 1. The van der Waals surface area contributed by atoms with Gasteiger partial charge in [0.2, 0.25) is 0 Å². The molecule has 0 aliphatic carbocycles. The number of carbonyl (C=O) groups excluding carboxylic acids is 1. The van der Waals surface area contributed by atoms with Crippen molar-refractivity contribution in [1.82, 2.24) is 0 Å². The molecule has 1 unspecified atom stereocenters. The maximum Gasteiger partial charge on any atom is 0.306 e. The lowest BCUT2D eigenvalue weighted by atomic mass is 9.94. The lowest BCUT2D eigenvalue weighted by molar-refractivity contribution is -0.142. The Morgan fingerprint density at radius 3 is 2.56 bits per heavy atom. The van der Waals surface area contributed by atoms with E-state index in [1.807, 2.05) is 19.9 Å². The summed E-state index contributed by atoms with van der Waals surface area (Å²) in [6.45, 7) is 5.71. The normalized spacial score (nSPS) is 12.5. The zero-order valence-corrected chi connectivity index (χ0v) is 16.7. The lowest BCUT2D eigenvalue weighted by Crippen LogP contribution is -2.13. The van der Waals surface area contributed by atoms with Gasteiger partial charge in [0.25, 0.3) is 0 Å². The van der Waals surface area contributed by atoms with E-state index in [4.69, 9.17) is 9.15 Å². The molecule has 0 aliphatic heterocycles. The molecule has 0 aliphatic rings. The molecule has 27 heavy (non-hydrogen) atoms. The van der Waals surface area contributed by atoms with Gasteiger partial charge in [0.15, 0.2) is 0 Å². The third-order valence-electron chi connectivity index (χ3n) is 4.37. The van der Waals surface area contributed by atoms with Gasteiger partial charge in [-0.1, -0.05) is 17.7 Å². The van der Waals surface area contributed by atoms with Crippen LogP contribution < -0.4 is 0 Å². The molecule has 0 saturated heterocycles. The summed E-state index contributed by atoms with van der Waals surface area (Å²) in [6, 6.07) is 1.93. The van der Waals surface area contributed by atoms with Gasteiger partial charge in [-0.2, -0.15) is 0 Å². The first kappa shape index (κ1) is 22.7. The molecular formula is C22H32O5. The summed E-state index contributed by atoms with van der Waals surface area (Å²) in [5, 5.41) is 9.41. The molecule has 5 nitrogen and oxygen atoms in total. The number of ether oxygens (including phenoxy) is 1. The van der Waals surface area contributed by atoms with Crippen LogP contribution in [0.15, 0.2) is 46.3 Å². The first-order valence-electron chi connectivity index (χ1n) is 9.57. The first-order chi connectivity index (χ1) is 12.9. The number of esters is 1. The molecule has 0 saturated carbocycles. The Hall–Kier alpha value is -2.30. The third-order valence-corrected chi connectivity index (χ3v) is 4.37. The van der Waals surface area contributed by atoms with E-state index in [1.54, 1.807) is 12.5 Å². The fourth-order valence-electron chi connectivity index (χ4n) is 2.85. The van der Waals surface area contributed by atoms with Crippen LogP contribution in [0.25, 0.3) is 0 Å². The topological polar surface area (TPSA) is 76.7 Å². The number of hydrogen-bond donors (Lipinski definition) is 1. The SMILES string of the molecule is CC(=O)OCC(=CCCc1ccoc1)CCCC(CCC=C(C)C)C(=O)O. The zero-order valence-electron chi connectivity index (χ0n) is 16.7. The summed E-state index contributed by atoms with van der Waals surface area (Å²) < 4.78 is 10.2. The second kappa shape index (κ2) is 13.0. The second-order valence-electron chi connectivity index (χ2n) is 7.10. The highest BCUT2D eigenvalue weighted by atomic mass is 16.5. The predicted molar refractivity (Wildman–Crippen MR) is 105 cm³/mol. The van der Waals surface area contributed by atoms with Crippen LogP contribution in [0.3, 0.4) is 0 Å². The van der Waals surface area contributed by atoms with Crippen molar-refractivity contribution in [2.24, 2.45) is 5.92 Å². The maximum atomic E-state index is 11.5. The van der Waals surface area contributed by atoms with Gasteiger partial charge in [0, 0.05) is 6.92 Å². The number of carboxylic acids is 1. The van der Waals surface area contributed by atoms with Gasteiger partial charge in [-0.25, -0.2) is 0 Å². The van der Waals surface area contributed by atoms with Crippen LogP contribution in [0.2, 0.25) is 0 Å². The van der Waals surface area contributed by atoms with Crippen molar-refractivity contribution in [2.45, 2.75) is 65.7 Å². The minimum absolute atomic E-state index is 0.274. The standard InChI is InChI=1S/C22H32O5/c1-17(2)7-4-11-21(22(24)25)12-6-10-19(16-27-18(3)23)8-5-9-20-13-14-26-15-20/h7-8,13-15,21H,4-6,9-12,16H2,1-3H3,(H,24,25). The smallest absolute Gasteiger partial charge is 0.306 e. The number of carbonyl (C=O) groups is 2. The van der Waals surface area contributed by atoms with Gasteiger partial charge in [0.1, 0.15) is 6.61 Å². The third kappa shape index (κ3) is 11.1. The highest BCUT2D eigenvalue weighted by Crippen LogP contribution is 2.19. The molecule has 0 radical (unpaired) electrons. The number of rotatable bonds is 13. The van der Waals surface area contributed by atoms with E-state index in [2.05, 4.69) is 12.2 Å². The van der Waals surface area contributed by atoms with E-state index in [0.29, 0.717) is 12.8 Å². The minimum Gasteiger partial charge on any atom is -0.481 e. The maximum absolute atomic E-state index is 11.5. The lowest BCUT2D eigenvalue weighted by Gasteiger charge is -2.13. The zero-order chi connectivity index (χ0) is 20.1.